The minimum atomic E-state index is -0.238. The monoisotopic (exact) mass is 367 g/mol. The van der Waals surface area contributed by atoms with E-state index in [9.17, 15) is 4.79 Å². The van der Waals surface area contributed by atoms with Gasteiger partial charge in [-0.2, -0.15) is 5.10 Å². The average Bonchev–Trinajstić information content (AvgIpc) is 3.00. The van der Waals surface area contributed by atoms with Crippen molar-refractivity contribution in [2.75, 3.05) is 13.2 Å². The lowest BCUT2D eigenvalue weighted by Gasteiger charge is -2.11. The molecule has 6 heteroatoms. The first-order valence-corrected chi connectivity index (χ1v) is 9.11. The predicted octanol–water partition coefficient (Wildman–Crippen LogP) is 3.52. The summed E-state index contributed by atoms with van der Waals surface area (Å²) in [5.74, 6) is 0.537. The molecule has 0 bridgehead atoms. The van der Waals surface area contributed by atoms with Gasteiger partial charge in [0.15, 0.2) is 5.65 Å². The van der Waals surface area contributed by atoms with Crippen LogP contribution in [0.1, 0.15) is 34.6 Å². The molecular formula is C21H25N3O3. The van der Waals surface area contributed by atoms with Gasteiger partial charge in [0.1, 0.15) is 19.0 Å². The zero-order chi connectivity index (χ0) is 19.4. The van der Waals surface area contributed by atoms with Crippen LogP contribution >= 0.6 is 0 Å². The van der Waals surface area contributed by atoms with Gasteiger partial charge in [-0.15, -0.1) is 0 Å². The number of hydrogen-bond acceptors (Lipinski definition) is 5. The first-order chi connectivity index (χ1) is 12.9. The molecule has 0 saturated heterocycles. The number of aryl methyl sites for hydroxylation is 4. The average molecular weight is 367 g/mol. The summed E-state index contributed by atoms with van der Waals surface area (Å²) in [6.07, 6.45) is 0.886. The summed E-state index contributed by atoms with van der Waals surface area (Å²) in [7, 11) is 0. The van der Waals surface area contributed by atoms with E-state index in [4.69, 9.17) is 9.47 Å². The van der Waals surface area contributed by atoms with Crippen LogP contribution in [0, 0.1) is 27.7 Å². The van der Waals surface area contributed by atoms with Crippen LogP contribution in [-0.4, -0.2) is 33.8 Å². The van der Waals surface area contributed by atoms with Crippen molar-refractivity contribution in [2.45, 2.75) is 40.5 Å². The topological polar surface area (TPSA) is 65.7 Å². The summed E-state index contributed by atoms with van der Waals surface area (Å²) >= 11 is 0. The van der Waals surface area contributed by atoms with Crippen LogP contribution in [0.3, 0.4) is 0 Å². The predicted molar refractivity (Wildman–Crippen MR) is 103 cm³/mol. The van der Waals surface area contributed by atoms with Crippen molar-refractivity contribution in [3.8, 4) is 5.75 Å². The van der Waals surface area contributed by atoms with Crippen LogP contribution in [0.2, 0.25) is 0 Å². The maximum atomic E-state index is 12.0. The number of ether oxygens (including phenoxy) is 2. The van der Waals surface area contributed by atoms with E-state index in [2.05, 4.69) is 10.1 Å². The van der Waals surface area contributed by atoms with Crippen LogP contribution in [-0.2, 0) is 16.0 Å². The number of aromatic nitrogens is 3. The molecule has 0 amide bonds. The fraction of sp³-hybridized carbons (Fsp3) is 0.381. The quantitative estimate of drug-likeness (QED) is 0.472. The molecule has 0 spiro atoms. The molecule has 6 nitrogen and oxygen atoms in total. The van der Waals surface area contributed by atoms with Gasteiger partial charge >= 0.3 is 5.97 Å². The summed E-state index contributed by atoms with van der Waals surface area (Å²) in [5, 5.41) is 4.46. The zero-order valence-electron chi connectivity index (χ0n) is 16.3. The highest BCUT2D eigenvalue weighted by Gasteiger charge is 2.13. The van der Waals surface area contributed by atoms with Gasteiger partial charge < -0.3 is 9.47 Å². The Morgan fingerprint density at radius 3 is 2.56 bits per heavy atom. The number of fused-ring (bicyclic) bond motifs is 1. The lowest BCUT2D eigenvalue weighted by molar-refractivity contribution is -0.144. The lowest BCUT2D eigenvalue weighted by atomic mass is 10.1. The van der Waals surface area contributed by atoms with Crippen LogP contribution in [0.5, 0.6) is 5.75 Å². The largest absolute Gasteiger partial charge is 0.490 e. The Morgan fingerprint density at radius 2 is 1.81 bits per heavy atom. The molecule has 0 atom stereocenters. The van der Waals surface area contributed by atoms with Crippen molar-refractivity contribution in [3.63, 3.8) is 0 Å². The maximum absolute atomic E-state index is 12.0. The fourth-order valence-corrected chi connectivity index (χ4v) is 3.05. The number of esters is 1. The SMILES string of the molecule is Cc1ccc(OCCOC(=O)CCc2c(C)nc3cc(C)nn3c2C)cc1. The van der Waals surface area contributed by atoms with Crippen molar-refractivity contribution in [1.29, 1.82) is 0 Å². The van der Waals surface area contributed by atoms with E-state index in [0.29, 0.717) is 19.4 Å². The van der Waals surface area contributed by atoms with Gasteiger partial charge in [0.25, 0.3) is 0 Å². The van der Waals surface area contributed by atoms with E-state index in [0.717, 1.165) is 34.0 Å². The lowest BCUT2D eigenvalue weighted by Crippen LogP contribution is -2.14. The molecular weight excluding hydrogens is 342 g/mol. The first kappa shape index (κ1) is 18.9. The summed E-state index contributed by atoms with van der Waals surface area (Å²) in [6.45, 7) is 8.51. The summed E-state index contributed by atoms with van der Waals surface area (Å²) in [4.78, 5) is 16.6. The van der Waals surface area contributed by atoms with Gasteiger partial charge in [0, 0.05) is 23.9 Å². The second-order valence-corrected chi connectivity index (χ2v) is 6.70. The van der Waals surface area contributed by atoms with Gasteiger partial charge in [0.2, 0.25) is 0 Å². The standard InChI is InChI=1S/C21H25N3O3/c1-14-5-7-18(8-6-14)26-11-12-27-21(25)10-9-19-16(3)22-20-13-15(2)23-24(20)17(19)4/h5-8,13H,9-12H2,1-4H3. The second kappa shape index (κ2) is 8.20. The van der Waals surface area contributed by atoms with Gasteiger partial charge in [-0.25, -0.2) is 9.50 Å². The third-order valence-corrected chi connectivity index (χ3v) is 4.50. The van der Waals surface area contributed by atoms with Gasteiger partial charge in [-0.1, -0.05) is 17.7 Å². The zero-order valence-corrected chi connectivity index (χ0v) is 16.3. The van der Waals surface area contributed by atoms with Crippen LogP contribution in [0.4, 0.5) is 0 Å². The van der Waals surface area contributed by atoms with Crippen LogP contribution < -0.4 is 4.74 Å². The van der Waals surface area contributed by atoms with E-state index in [1.165, 1.54) is 5.56 Å². The van der Waals surface area contributed by atoms with Crippen molar-refractivity contribution in [1.82, 2.24) is 14.6 Å². The highest BCUT2D eigenvalue weighted by molar-refractivity contribution is 5.69. The first-order valence-electron chi connectivity index (χ1n) is 9.11. The Kier molecular flexibility index (Phi) is 5.74. The Labute approximate surface area is 159 Å². The van der Waals surface area contributed by atoms with E-state index in [1.807, 2.05) is 62.5 Å². The molecule has 0 fully saturated rings. The Morgan fingerprint density at radius 1 is 1.07 bits per heavy atom. The molecule has 0 saturated carbocycles. The fourth-order valence-electron chi connectivity index (χ4n) is 3.05. The highest BCUT2D eigenvalue weighted by atomic mass is 16.6. The number of nitrogens with zero attached hydrogens (tertiary/aromatic N) is 3. The van der Waals surface area contributed by atoms with Crippen molar-refractivity contribution in [2.24, 2.45) is 0 Å². The van der Waals surface area contributed by atoms with Crippen molar-refractivity contribution >= 4 is 11.6 Å². The number of carbonyl (C=O) groups excluding carboxylic acids is 1. The highest BCUT2D eigenvalue weighted by Crippen LogP contribution is 2.17. The van der Waals surface area contributed by atoms with E-state index in [-0.39, 0.29) is 12.6 Å². The number of benzene rings is 1. The van der Waals surface area contributed by atoms with E-state index >= 15 is 0 Å². The van der Waals surface area contributed by atoms with Gasteiger partial charge in [-0.3, -0.25) is 4.79 Å². The van der Waals surface area contributed by atoms with Gasteiger partial charge in [-0.05, 0) is 51.8 Å². The molecule has 0 aliphatic carbocycles. The molecule has 0 aliphatic rings. The number of rotatable bonds is 7. The molecule has 0 aliphatic heterocycles. The van der Waals surface area contributed by atoms with Crippen LogP contribution in [0.25, 0.3) is 5.65 Å². The molecule has 1 aromatic carbocycles. The summed E-state index contributed by atoms with van der Waals surface area (Å²) < 4.78 is 12.7. The Balaban J connectivity index is 1.49. The molecule has 2 heterocycles. The molecule has 3 aromatic rings. The van der Waals surface area contributed by atoms with Crippen LogP contribution in [0.15, 0.2) is 30.3 Å². The van der Waals surface area contributed by atoms with E-state index in [1.54, 1.807) is 0 Å². The molecule has 3 rings (SSSR count). The Bertz CT molecular complexity index is 945. The second-order valence-electron chi connectivity index (χ2n) is 6.70. The summed E-state index contributed by atoms with van der Waals surface area (Å²) in [5.41, 5.74) is 5.92. The maximum Gasteiger partial charge on any atom is 0.306 e. The number of hydrogen-bond donors (Lipinski definition) is 0. The molecule has 27 heavy (non-hydrogen) atoms. The van der Waals surface area contributed by atoms with Crippen molar-refractivity contribution < 1.29 is 14.3 Å². The smallest absolute Gasteiger partial charge is 0.306 e. The molecule has 0 unspecified atom stereocenters. The van der Waals surface area contributed by atoms with Crippen molar-refractivity contribution in [3.05, 3.63) is 58.5 Å². The van der Waals surface area contributed by atoms with E-state index < -0.39 is 0 Å². The molecule has 0 radical (unpaired) electrons. The molecule has 2 aromatic heterocycles. The molecule has 142 valence electrons. The summed E-state index contributed by atoms with van der Waals surface area (Å²) in [6, 6.07) is 9.73. The minimum Gasteiger partial charge on any atom is -0.490 e. The third kappa shape index (κ3) is 4.64. The minimum absolute atomic E-state index is 0.236. The van der Waals surface area contributed by atoms with Gasteiger partial charge in [0.05, 0.1) is 5.69 Å². The molecule has 0 N–H and O–H groups in total. The Hall–Kier alpha value is -2.89. The normalized spacial score (nSPS) is 11.0. The third-order valence-electron chi connectivity index (χ3n) is 4.50. The number of carbonyl (C=O) groups is 1.